The van der Waals surface area contributed by atoms with E-state index in [1.54, 1.807) is 50.5 Å². The number of rotatable bonds is 7. The standard InChI is InChI=1S/C19H18N2O5/c1-20(2)19(23)13-26-16-8-5-7-15(12-16)18(22)11-10-14-6-3-4-9-17(14)21(24)25/h3-12H,13H2,1-2H3. The summed E-state index contributed by atoms with van der Waals surface area (Å²) in [4.78, 5) is 35.8. The smallest absolute Gasteiger partial charge is 0.276 e. The SMILES string of the molecule is CN(C)C(=O)COc1cccc(C(=O)C=Cc2ccccc2[N+](=O)[O-])c1. The zero-order valence-corrected chi connectivity index (χ0v) is 14.4. The van der Waals surface area contributed by atoms with Gasteiger partial charge in [-0.3, -0.25) is 19.7 Å². The van der Waals surface area contributed by atoms with Gasteiger partial charge < -0.3 is 9.64 Å². The van der Waals surface area contributed by atoms with Gasteiger partial charge in [0.2, 0.25) is 0 Å². The van der Waals surface area contributed by atoms with Crippen molar-refractivity contribution in [2.24, 2.45) is 0 Å². The van der Waals surface area contributed by atoms with Crippen molar-refractivity contribution in [3.63, 3.8) is 0 Å². The van der Waals surface area contributed by atoms with E-state index in [-0.39, 0.29) is 24.0 Å². The fourth-order valence-electron chi connectivity index (χ4n) is 2.07. The second-order valence-corrected chi connectivity index (χ2v) is 5.62. The summed E-state index contributed by atoms with van der Waals surface area (Å²) in [7, 11) is 3.25. The van der Waals surface area contributed by atoms with Gasteiger partial charge in [-0.25, -0.2) is 0 Å². The Morgan fingerprint density at radius 2 is 1.88 bits per heavy atom. The van der Waals surface area contributed by atoms with Gasteiger partial charge in [0.15, 0.2) is 12.4 Å². The van der Waals surface area contributed by atoms with Crippen LogP contribution in [-0.4, -0.2) is 42.2 Å². The Labute approximate surface area is 150 Å². The lowest BCUT2D eigenvalue weighted by Crippen LogP contribution is -2.27. The fraction of sp³-hybridized carbons (Fsp3) is 0.158. The molecule has 0 radical (unpaired) electrons. The molecule has 0 aromatic heterocycles. The summed E-state index contributed by atoms with van der Waals surface area (Å²) in [5.74, 6) is -0.129. The molecule has 134 valence electrons. The van der Waals surface area contributed by atoms with Gasteiger partial charge in [0, 0.05) is 25.7 Å². The first-order valence-corrected chi connectivity index (χ1v) is 7.77. The van der Waals surface area contributed by atoms with Crippen LogP contribution in [0, 0.1) is 10.1 Å². The first-order valence-electron chi connectivity index (χ1n) is 7.77. The van der Waals surface area contributed by atoms with E-state index < -0.39 is 4.92 Å². The number of ether oxygens (including phenoxy) is 1. The molecule has 2 rings (SSSR count). The van der Waals surface area contributed by atoms with Crippen LogP contribution in [0.2, 0.25) is 0 Å². The molecule has 2 aromatic carbocycles. The van der Waals surface area contributed by atoms with Crippen molar-refractivity contribution in [3.8, 4) is 5.75 Å². The quantitative estimate of drug-likeness (QED) is 0.330. The number of amides is 1. The summed E-state index contributed by atoms with van der Waals surface area (Å²) in [6.07, 6.45) is 2.68. The number of hydrogen-bond acceptors (Lipinski definition) is 5. The highest BCUT2D eigenvalue weighted by molar-refractivity contribution is 6.07. The number of nitro groups is 1. The van der Waals surface area contributed by atoms with E-state index >= 15 is 0 Å². The van der Waals surface area contributed by atoms with E-state index in [1.165, 1.54) is 29.2 Å². The summed E-state index contributed by atoms with van der Waals surface area (Å²) >= 11 is 0. The first-order chi connectivity index (χ1) is 12.4. The monoisotopic (exact) mass is 354 g/mol. The van der Waals surface area contributed by atoms with Gasteiger partial charge in [-0.15, -0.1) is 0 Å². The van der Waals surface area contributed by atoms with Crippen LogP contribution in [0.4, 0.5) is 5.69 Å². The molecule has 0 aliphatic heterocycles. The molecule has 0 fully saturated rings. The average Bonchev–Trinajstić information content (AvgIpc) is 2.64. The van der Waals surface area contributed by atoms with Gasteiger partial charge in [0.05, 0.1) is 10.5 Å². The third-order valence-electron chi connectivity index (χ3n) is 3.53. The number of allylic oxidation sites excluding steroid dienone is 1. The average molecular weight is 354 g/mol. The van der Waals surface area contributed by atoms with Crippen molar-refractivity contribution in [1.29, 1.82) is 0 Å². The highest BCUT2D eigenvalue weighted by Gasteiger charge is 2.11. The van der Waals surface area contributed by atoms with Crippen LogP contribution in [0.5, 0.6) is 5.75 Å². The minimum atomic E-state index is -0.500. The summed E-state index contributed by atoms with van der Waals surface area (Å²) in [5.41, 5.74) is 0.625. The predicted octanol–water partition coefficient (Wildman–Crippen LogP) is 2.96. The third kappa shape index (κ3) is 5.01. The molecule has 0 bridgehead atoms. The number of carbonyl (C=O) groups excluding carboxylic acids is 2. The molecular weight excluding hydrogens is 336 g/mol. The molecule has 0 N–H and O–H groups in total. The first kappa shape index (κ1) is 18.9. The molecule has 7 heteroatoms. The van der Waals surface area contributed by atoms with Crippen molar-refractivity contribution in [3.05, 3.63) is 75.8 Å². The van der Waals surface area contributed by atoms with Gasteiger partial charge in [-0.05, 0) is 30.4 Å². The van der Waals surface area contributed by atoms with E-state index in [9.17, 15) is 19.7 Å². The van der Waals surface area contributed by atoms with Gasteiger partial charge in [0.25, 0.3) is 11.6 Å². The largest absolute Gasteiger partial charge is 0.484 e. The van der Waals surface area contributed by atoms with Gasteiger partial charge in [-0.2, -0.15) is 0 Å². The highest BCUT2D eigenvalue weighted by Crippen LogP contribution is 2.20. The van der Waals surface area contributed by atoms with Crippen LogP contribution in [-0.2, 0) is 4.79 Å². The van der Waals surface area contributed by atoms with Gasteiger partial charge in [-0.1, -0.05) is 24.3 Å². The van der Waals surface area contributed by atoms with Crippen LogP contribution in [0.3, 0.4) is 0 Å². The lowest BCUT2D eigenvalue weighted by Gasteiger charge is -2.11. The maximum absolute atomic E-state index is 12.3. The summed E-state index contributed by atoms with van der Waals surface area (Å²) in [6.45, 7) is -0.128. The molecule has 2 aromatic rings. The summed E-state index contributed by atoms with van der Waals surface area (Å²) in [6, 6.07) is 12.6. The second-order valence-electron chi connectivity index (χ2n) is 5.62. The van der Waals surface area contributed by atoms with Crippen LogP contribution >= 0.6 is 0 Å². The molecule has 0 heterocycles. The van der Waals surface area contributed by atoms with Crippen LogP contribution in [0.25, 0.3) is 6.08 Å². The lowest BCUT2D eigenvalue weighted by atomic mass is 10.1. The van der Waals surface area contributed by atoms with Crippen molar-refractivity contribution < 1.29 is 19.2 Å². The number of benzene rings is 2. The van der Waals surface area contributed by atoms with Crippen molar-refractivity contribution >= 4 is 23.5 Å². The topological polar surface area (TPSA) is 89.8 Å². The molecule has 0 aliphatic carbocycles. The van der Waals surface area contributed by atoms with E-state index in [0.29, 0.717) is 16.9 Å². The number of likely N-dealkylation sites (N-methyl/N-ethyl adjacent to an activating group) is 1. The molecular formula is C19H18N2O5. The number of carbonyl (C=O) groups is 2. The maximum Gasteiger partial charge on any atom is 0.276 e. The lowest BCUT2D eigenvalue weighted by molar-refractivity contribution is -0.385. The Kier molecular flexibility index (Phi) is 6.21. The zero-order chi connectivity index (χ0) is 19.1. The van der Waals surface area contributed by atoms with Crippen LogP contribution in [0.1, 0.15) is 15.9 Å². The Hall–Kier alpha value is -3.48. The van der Waals surface area contributed by atoms with E-state index in [0.717, 1.165) is 0 Å². The van der Waals surface area contributed by atoms with E-state index in [2.05, 4.69) is 0 Å². The van der Waals surface area contributed by atoms with Gasteiger partial charge >= 0.3 is 0 Å². The maximum atomic E-state index is 12.3. The normalized spacial score (nSPS) is 10.5. The number of nitrogens with zero attached hydrogens (tertiary/aromatic N) is 2. The summed E-state index contributed by atoms with van der Waals surface area (Å²) in [5, 5.41) is 11.0. The molecule has 0 spiro atoms. The molecule has 0 aliphatic rings. The number of nitro benzene ring substituents is 1. The minimum absolute atomic E-state index is 0.0733. The predicted molar refractivity (Wildman–Crippen MR) is 97.1 cm³/mol. The molecule has 0 saturated heterocycles. The zero-order valence-electron chi connectivity index (χ0n) is 14.4. The number of hydrogen-bond donors (Lipinski definition) is 0. The Morgan fingerprint density at radius 3 is 2.58 bits per heavy atom. The second kappa shape index (κ2) is 8.57. The third-order valence-corrected chi connectivity index (χ3v) is 3.53. The number of para-hydroxylation sites is 1. The van der Waals surface area contributed by atoms with Crippen molar-refractivity contribution in [2.75, 3.05) is 20.7 Å². The molecule has 1 amide bonds. The summed E-state index contributed by atoms with van der Waals surface area (Å²) < 4.78 is 5.38. The highest BCUT2D eigenvalue weighted by atomic mass is 16.6. The van der Waals surface area contributed by atoms with Crippen LogP contribution in [0.15, 0.2) is 54.6 Å². The number of ketones is 1. The fourth-order valence-corrected chi connectivity index (χ4v) is 2.07. The molecule has 0 saturated carbocycles. The molecule has 7 nitrogen and oxygen atoms in total. The van der Waals surface area contributed by atoms with Crippen molar-refractivity contribution in [1.82, 2.24) is 4.90 Å². The minimum Gasteiger partial charge on any atom is -0.484 e. The Balaban J connectivity index is 2.12. The van der Waals surface area contributed by atoms with Gasteiger partial charge in [0.1, 0.15) is 5.75 Å². The molecule has 0 unspecified atom stereocenters. The van der Waals surface area contributed by atoms with Crippen LogP contribution < -0.4 is 4.74 Å². The molecule has 26 heavy (non-hydrogen) atoms. The van der Waals surface area contributed by atoms with E-state index in [4.69, 9.17) is 4.74 Å². The van der Waals surface area contributed by atoms with Crippen molar-refractivity contribution in [2.45, 2.75) is 0 Å². The Morgan fingerprint density at radius 1 is 1.15 bits per heavy atom. The Bertz CT molecular complexity index is 859. The van der Waals surface area contributed by atoms with E-state index in [1.807, 2.05) is 0 Å². The molecule has 0 atom stereocenters.